The fourth-order valence-electron chi connectivity index (χ4n) is 1.88. The van der Waals surface area contributed by atoms with Gasteiger partial charge >= 0.3 is 5.97 Å². The maximum absolute atomic E-state index is 11.8. The van der Waals surface area contributed by atoms with E-state index in [0.717, 1.165) is 11.1 Å². The van der Waals surface area contributed by atoms with Crippen molar-refractivity contribution in [3.63, 3.8) is 0 Å². The summed E-state index contributed by atoms with van der Waals surface area (Å²) in [5, 5.41) is 0. The van der Waals surface area contributed by atoms with Crippen LogP contribution in [0.25, 0.3) is 6.08 Å². The first-order valence-electron chi connectivity index (χ1n) is 6.69. The Balaban J connectivity index is 2.11. The molecule has 0 radical (unpaired) electrons. The van der Waals surface area contributed by atoms with Crippen LogP contribution in [0, 0.1) is 0 Å². The van der Waals surface area contributed by atoms with E-state index in [1.165, 1.54) is 7.11 Å². The lowest BCUT2D eigenvalue weighted by molar-refractivity contribution is -0.142. The largest absolute Gasteiger partial charge is 0.467 e. The van der Waals surface area contributed by atoms with Crippen molar-refractivity contribution in [1.29, 1.82) is 0 Å². The maximum Gasteiger partial charge on any atom is 0.335 e. The number of rotatable bonds is 5. The zero-order chi connectivity index (χ0) is 14.9. The average molecular weight is 279 g/mol. The number of carbonyl (C=O) groups excluding carboxylic acids is 1. The highest BCUT2D eigenvalue weighted by Crippen LogP contribution is 2.18. The Morgan fingerprint density at radius 2 is 1.67 bits per heavy atom. The predicted molar refractivity (Wildman–Crippen MR) is 85.2 cm³/mol. The Hall–Kier alpha value is -2.68. The number of ether oxygens (including phenoxy) is 1. The topological polar surface area (TPSA) is 38.7 Å². The molecule has 106 valence electrons. The van der Waals surface area contributed by atoms with Gasteiger partial charge in [0, 0.05) is 6.21 Å². The summed E-state index contributed by atoms with van der Waals surface area (Å²) < 4.78 is 4.81. The van der Waals surface area contributed by atoms with Crippen molar-refractivity contribution >= 4 is 18.3 Å². The molecule has 0 amide bonds. The first kappa shape index (κ1) is 14.7. The molecule has 2 aromatic carbocycles. The summed E-state index contributed by atoms with van der Waals surface area (Å²) in [4.78, 5) is 16.1. The number of benzene rings is 2. The highest BCUT2D eigenvalue weighted by molar-refractivity contribution is 5.83. The van der Waals surface area contributed by atoms with Gasteiger partial charge < -0.3 is 4.74 Å². The van der Waals surface area contributed by atoms with Gasteiger partial charge in [-0.2, -0.15) is 0 Å². The SMILES string of the molecule is COC(=O)C(/N=C/C=C/c1ccccc1)c1ccccc1. The quantitative estimate of drug-likeness (QED) is 0.618. The second-order valence-electron chi connectivity index (χ2n) is 4.40. The molecule has 2 rings (SSSR count). The van der Waals surface area contributed by atoms with Crippen molar-refractivity contribution in [3.8, 4) is 0 Å². The molecule has 0 N–H and O–H groups in total. The summed E-state index contributed by atoms with van der Waals surface area (Å²) in [5.74, 6) is -0.370. The van der Waals surface area contributed by atoms with Crippen molar-refractivity contribution in [2.75, 3.05) is 7.11 Å². The standard InChI is InChI=1S/C18H17NO2/c1-21-18(20)17(16-12-6-3-7-13-16)19-14-8-11-15-9-4-2-5-10-15/h2-14,17H,1H3/b11-8+,19-14+. The van der Waals surface area contributed by atoms with Crippen molar-refractivity contribution in [2.45, 2.75) is 6.04 Å². The van der Waals surface area contributed by atoms with Crippen molar-refractivity contribution < 1.29 is 9.53 Å². The third kappa shape index (κ3) is 4.42. The van der Waals surface area contributed by atoms with Gasteiger partial charge in [-0.3, -0.25) is 4.99 Å². The fourth-order valence-corrected chi connectivity index (χ4v) is 1.88. The number of aliphatic imine (C=N–C) groups is 1. The first-order chi connectivity index (χ1) is 10.3. The Morgan fingerprint density at radius 3 is 2.29 bits per heavy atom. The Kier molecular flexibility index (Phi) is 5.47. The molecule has 0 saturated carbocycles. The van der Waals surface area contributed by atoms with Gasteiger partial charge in [0.05, 0.1) is 7.11 Å². The van der Waals surface area contributed by atoms with Crippen LogP contribution in [0.2, 0.25) is 0 Å². The minimum atomic E-state index is -0.628. The van der Waals surface area contributed by atoms with Gasteiger partial charge in [-0.05, 0) is 17.2 Å². The summed E-state index contributed by atoms with van der Waals surface area (Å²) in [6, 6.07) is 18.7. The normalized spacial score (nSPS) is 12.6. The van der Waals surface area contributed by atoms with E-state index in [4.69, 9.17) is 4.74 Å². The fraction of sp³-hybridized carbons (Fsp3) is 0.111. The van der Waals surface area contributed by atoms with Gasteiger partial charge in [0.25, 0.3) is 0 Å². The highest BCUT2D eigenvalue weighted by Gasteiger charge is 2.18. The number of allylic oxidation sites excluding steroid dienone is 1. The lowest BCUT2D eigenvalue weighted by Gasteiger charge is -2.09. The summed E-state index contributed by atoms with van der Waals surface area (Å²) in [6.07, 6.45) is 5.37. The molecule has 0 aliphatic carbocycles. The Labute approximate surface area is 124 Å². The van der Waals surface area contributed by atoms with E-state index in [1.807, 2.05) is 72.8 Å². The van der Waals surface area contributed by atoms with Gasteiger partial charge in [0.1, 0.15) is 0 Å². The minimum Gasteiger partial charge on any atom is -0.467 e. The van der Waals surface area contributed by atoms with Crippen LogP contribution in [0.4, 0.5) is 0 Å². The van der Waals surface area contributed by atoms with E-state index in [-0.39, 0.29) is 5.97 Å². The van der Waals surface area contributed by atoms with Gasteiger partial charge in [0.15, 0.2) is 6.04 Å². The second kappa shape index (κ2) is 7.80. The smallest absolute Gasteiger partial charge is 0.335 e. The molecule has 0 heterocycles. The molecule has 0 fully saturated rings. The minimum absolute atomic E-state index is 0.370. The van der Waals surface area contributed by atoms with Crippen molar-refractivity contribution in [2.24, 2.45) is 4.99 Å². The summed E-state index contributed by atoms with van der Waals surface area (Å²) >= 11 is 0. The highest BCUT2D eigenvalue weighted by atomic mass is 16.5. The third-order valence-electron chi connectivity index (χ3n) is 2.95. The van der Waals surface area contributed by atoms with Gasteiger partial charge in [-0.25, -0.2) is 4.79 Å². The van der Waals surface area contributed by atoms with Gasteiger partial charge in [-0.1, -0.05) is 66.7 Å². The average Bonchev–Trinajstić information content (AvgIpc) is 2.56. The van der Waals surface area contributed by atoms with E-state index in [9.17, 15) is 4.79 Å². The number of methoxy groups -OCH3 is 1. The number of nitrogens with zero attached hydrogens (tertiary/aromatic N) is 1. The monoisotopic (exact) mass is 279 g/mol. The van der Waals surface area contributed by atoms with E-state index < -0.39 is 6.04 Å². The van der Waals surface area contributed by atoms with E-state index in [2.05, 4.69) is 4.99 Å². The molecule has 0 saturated heterocycles. The Bertz CT molecular complexity index is 618. The molecule has 0 aliphatic heterocycles. The lowest BCUT2D eigenvalue weighted by Crippen LogP contribution is -2.12. The van der Waals surface area contributed by atoms with E-state index in [0.29, 0.717) is 0 Å². The second-order valence-corrected chi connectivity index (χ2v) is 4.40. The van der Waals surface area contributed by atoms with Crippen LogP contribution in [0.3, 0.4) is 0 Å². The molecule has 1 atom stereocenters. The molecule has 3 heteroatoms. The van der Waals surface area contributed by atoms with Crippen LogP contribution >= 0.6 is 0 Å². The number of carbonyl (C=O) groups is 1. The summed E-state index contributed by atoms with van der Waals surface area (Å²) in [5.41, 5.74) is 1.90. The number of esters is 1. The molecule has 0 spiro atoms. The molecule has 1 unspecified atom stereocenters. The van der Waals surface area contributed by atoms with Crippen LogP contribution in [0.15, 0.2) is 71.7 Å². The number of hydrogen-bond donors (Lipinski definition) is 0. The maximum atomic E-state index is 11.8. The molecule has 0 bridgehead atoms. The van der Waals surface area contributed by atoms with Gasteiger partial charge in [-0.15, -0.1) is 0 Å². The zero-order valence-electron chi connectivity index (χ0n) is 11.8. The van der Waals surface area contributed by atoms with E-state index >= 15 is 0 Å². The van der Waals surface area contributed by atoms with Crippen LogP contribution in [-0.4, -0.2) is 19.3 Å². The molecular weight excluding hydrogens is 262 g/mol. The molecular formula is C18H17NO2. The van der Waals surface area contributed by atoms with Crippen LogP contribution in [0.5, 0.6) is 0 Å². The summed E-state index contributed by atoms with van der Waals surface area (Å²) in [7, 11) is 1.37. The molecule has 0 aromatic heterocycles. The van der Waals surface area contributed by atoms with Crippen molar-refractivity contribution in [3.05, 3.63) is 77.9 Å². The third-order valence-corrected chi connectivity index (χ3v) is 2.95. The van der Waals surface area contributed by atoms with Crippen LogP contribution in [-0.2, 0) is 9.53 Å². The van der Waals surface area contributed by atoms with Crippen LogP contribution < -0.4 is 0 Å². The summed E-state index contributed by atoms with van der Waals surface area (Å²) in [6.45, 7) is 0. The first-order valence-corrected chi connectivity index (χ1v) is 6.69. The molecule has 3 nitrogen and oxygen atoms in total. The van der Waals surface area contributed by atoms with Crippen LogP contribution in [0.1, 0.15) is 17.2 Å². The predicted octanol–water partition coefficient (Wildman–Crippen LogP) is 3.68. The number of hydrogen-bond acceptors (Lipinski definition) is 3. The Morgan fingerprint density at radius 1 is 1.05 bits per heavy atom. The van der Waals surface area contributed by atoms with Crippen molar-refractivity contribution in [1.82, 2.24) is 0 Å². The zero-order valence-corrected chi connectivity index (χ0v) is 11.8. The van der Waals surface area contributed by atoms with E-state index in [1.54, 1.807) is 6.21 Å². The van der Waals surface area contributed by atoms with Gasteiger partial charge in [0.2, 0.25) is 0 Å². The lowest BCUT2D eigenvalue weighted by atomic mass is 10.1. The molecule has 21 heavy (non-hydrogen) atoms. The molecule has 0 aliphatic rings. The molecule has 2 aromatic rings.